The largest absolute Gasteiger partial charge is 0.416 e. The number of thiophene rings is 1. The fourth-order valence-electron chi connectivity index (χ4n) is 2.73. The molecule has 0 atom stereocenters. The lowest BCUT2D eigenvalue weighted by Crippen LogP contribution is -2.40. The number of nitrogens with zero attached hydrogens (tertiary/aromatic N) is 1. The third-order valence-corrected chi connectivity index (χ3v) is 7.81. The number of amides is 2. The molecule has 1 aromatic heterocycles. The lowest BCUT2D eigenvalue weighted by Gasteiger charge is -2.25. The van der Waals surface area contributed by atoms with E-state index >= 15 is 0 Å². The number of hydrogen-bond donors (Lipinski definition) is 2. The van der Waals surface area contributed by atoms with Gasteiger partial charge < -0.3 is 15.4 Å². The molecule has 1 aromatic carbocycles. The van der Waals surface area contributed by atoms with Crippen LogP contribution in [0.25, 0.3) is 0 Å². The molecule has 2 amide bonds. The minimum atomic E-state index is -4.40. The van der Waals surface area contributed by atoms with Crippen molar-refractivity contribution >= 4 is 27.4 Å². The van der Waals surface area contributed by atoms with Crippen molar-refractivity contribution in [3.63, 3.8) is 0 Å². The van der Waals surface area contributed by atoms with Gasteiger partial charge in [0.1, 0.15) is 4.21 Å². The summed E-state index contributed by atoms with van der Waals surface area (Å²) in [7, 11) is -3.58. The van der Waals surface area contributed by atoms with Crippen molar-refractivity contribution in [3.05, 3.63) is 52.4 Å². The van der Waals surface area contributed by atoms with Gasteiger partial charge in [-0.05, 0) is 29.8 Å². The number of morpholine rings is 1. The zero-order chi connectivity index (χ0) is 21.8. The number of urea groups is 1. The average molecular weight is 464 g/mol. The Labute approximate surface area is 175 Å². The number of carbonyl (C=O) groups excluding carboxylic acids is 1. The van der Waals surface area contributed by atoms with Crippen LogP contribution in [-0.2, 0) is 34.0 Å². The first-order chi connectivity index (χ1) is 14.2. The third-order valence-electron chi connectivity index (χ3n) is 4.36. The summed E-state index contributed by atoms with van der Waals surface area (Å²) in [5.74, 6) is 0. The van der Waals surface area contributed by atoms with Gasteiger partial charge in [0.15, 0.2) is 0 Å². The Morgan fingerprint density at radius 1 is 1.03 bits per heavy atom. The fourth-order valence-corrected chi connectivity index (χ4v) is 5.59. The highest BCUT2D eigenvalue weighted by atomic mass is 32.2. The van der Waals surface area contributed by atoms with E-state index in [1.807, 2.05) is 0 Å². The first-order valence-electron chi connectivity index (χ1n) is 9.01. The predicted molar refractivity (Wildman–Crippen MR) is 104 cm³/mol. The first kappa shape index (κ1) is 22.5. The number of ether oxygens (including phenoxy) is 1. The van der Waals surface area contributed by atoms with Gasteiger partial charge in [-0.25, -0.2) is 13.2 Å². The summed E-state index contributed by atoms with van der Waals surface area (Å²) in [4.78, 5) is 12.6. The van der Waals surface area contributed by atoms with Crippen LogP contribution in [0.15, 0.2) is 40.6 Å². The summed E-state index contributed by atoms with van der Waals surface area (Å²) in [5.41, 5.74) is -0.232. The van der Waals surface area contributed by atoms with E-state index in [4.69, 9.17) is 4.74 Å². The van der Waals surface area contributed by atoms with Gasteiger partial charge in [0.05, 0.1) is 25.3 Å². The molecule has 7 nitrogen and oxygen atoms in total. The topological polar surface area (TPSA) is 87.7 Å². The third kappa shape index (κ3) is 5.72. The highest BCUT2D eigenvalue weighted by Crippen LogP contribution is 2.29. The summed E-state index contributed by atoms with van der Waals surface area (Å²) in [6.45, 7) is 1.52. The molecular weight excluding hydrogens is 443 g/mol. The normalized spacial score (nSPS) is 15.7. The fraction of sp³-hybridized carbons (Fsp3) is 0.389. The van der Waals surface area contributed by atoms with Crippen LogP contribution in [-0.4, -0.2) is 45.1 Å². The predicted octanol–water partition coefficient (Wildman–Crippen LogP) is 2.79. The quantitative estimate of drug-likeness (QED) is 0.690. The summed E-state index contributed by atoms with van der Waals surface area (Å²) in [6, 6.07) is 7.13. The Morgan fingerprint density at radius 2 is 1.67 bits per heavy atom. The van der Waals surface area contributed by atoms with Gasteiger partial charge in [-0.15, -0.1) is 11.3 Å². The van der Waals surface area contributed by atoms with Crippen LogP contribution < -0.4 is 10.6 Å². The van der Waals surface area contributed by atoms with Gasteiger partial charge in [0.2, 0.25) is 0 Å². The minimum Gasteiger partial charge on any atom is -0.379 e. The second kappa shape index (κ2) is 9.33. The Balaban J connectivity index is 1.48. The molecule has 0 saturated carbocycles. The Morgan fingerprint density at radius 3 is 2.30 bits per heavy atom. The Hall–Kier alpha value is -2.15. The second-order valence-electron chi connectivity index (χ2n) is 6.47. The van der Waals surface area contributed by atoms with Gasteiger partial charge >= 0.3 is 12.2 Å². The summed E-state index contributed by atoms with van der Waals surface area (Å²) < 4.78 is 69.6. The number of nitrogens with one attached hydrogen (secondary N) is 2. The van der Waals surface area contributed by atoms with E-state index in [-0.39, 0.29) is 17.3 Å². The van der Waals surface area contributed by atoms with Crippen LogP contribution in [0, 0.1) is 0 Å². The Bertz CT molecular complexity index is 969. The van der Waals surface area contributed by atoms with Crippen molar-refractivity contribution in [1.82, 2.24) is 14.9 Å². The maximum atomic E-state index is 12.6. The van der Waals surface area contributed by atoms with E-state index in [0.29, 0.717) is 36.7 Å². The number of carbonyl (C=O) groups is 1. The molecule has 3 rings (SSSR count). The van der Waals surface area contributed by atoms with Crippen molar-refractivity contribution in [3.8, 4) is 0 Å². The number of rotatable bonds is 6. The average Bonchev–Trinajstić information content (AvgIpc) is 3.21. The molecule has 2 aromatic rings. The van der Waals surface area contributed by atoms with E-state index in [1.54, 1.807) is 6.07 Å². The molecule has 0 radical (unpaired) electrons. The zero-order valence-corrected chi connectivity index (χ0v) is 17.4. The van der Waals surface area contributed by atoms with Crippen LogP contribution >= 0.6 is 11.3 Å². The van der Waals surface area contributed by atoms with Crippen LogP contribution in [0.3, 0.4) is 0 Å². The van der Waals surface area contributed by atoms with Gasteiger partial charge in [0, 0.05) is 24.5 Å². The maximum absolute atomic E-state index is 12.6. The minimum absolute atomic E-state index is 0.0606. The van der Waals surface area contributed by atoms with Crippen LogP contribution in [0.1, 0.15) is 16.0 Å². The maximum Gasteiger partial charge on any atom is 0.416 e. The zero-order valence-electron chi connectivity index (χ0n) is 15.7. The lowest BCUT2D eigenvalue weighted by atomic mass is 10.1. The molecule has 2 heterocycles. The van der Waals surface area contributed by atoms with Crippen LogP contribution in [0.4, 0.5) is 18.0 Å². The lowest BCUT2D eigenvalue weighted by molar-refractivity contribution is -0.137. The molecule has 1 saturated heterocycles. The van der Waals surface area contributed by atoms with E-state index in [2.05, 4.69) is 10.6 Å². The first-order valence-corrected chi connectivity index (χ1v) is 11.3. The number of hydrogen-bond acceptors (Lipinski definition) is 5. The molecule has 164 valence electrons. The molecule has 1 aliphatic heterocycles. The van der Waals surface area contributed by atoms with Crippen molar-refractivity contribution in [2.24, 2.45) is 0 Å². The van der Waals surface area contributed by atoms with Crippen molar-refractivity contribution in [1.29, 1.82) is 0 Å². The van der Waals surface area contributed by atoms with Gasteiger partial charge in [-0.3, -0.25) is 0 Å². The van der Waals surface area contributed by atoms with Gasteiger partial charge in [-0.2, -0.15) is 17.5 Å². The highest BCUT2D eigenvalue weighted by molar-refractivity contribution is 7.91. The molecular formula is C18H20F3N3O4S2. The van der Waals surface area contributed by atoms with E-state index < -0.39 is 27.8 Å². The molecule has 1 fully saturated rings. The summed E-state index contributed by atoms with van der Waals surface area (Å²) in [5, 5.41) is 5.15. The van der Waals surface area contributed by atoms with Gasteiger partial charge in [-0.1, -0.05) is 12.1 Å². The SMILES string of the molecule is O=C(NCc1ccc(C(F)(F)F)cc1)NCc1ccc(S(=O)(=O)N2CCOCC2)s1. The molecule has 30 heavy (non-hydrogen) atoms. The van der Waals surface area contributed by atoms with Crippen LogP contribution in [0.5, 0.6) is 0 Å². The monoisotopic (exact) mass is 463 g/mol. The van der Waals surface area contributed by atoms with Gasteiger partial charge in [0.25, 0.3) is 10.0 Å². The summed E-state index contributed by atoms with van der Waals surface area (Å²) in [6.07, 6.45) is -4.40. The summed E-state index contributed by atoms with van der Waals surface area (Å²) >= 11 is 1.07. The molecule has 0 bridgehead atoms. The number of sulfonamides is 1. The molecule has 12 heteroatoms. The second-order valence-corrected chi connectivity index (χ2v) is 9.80. The van der Waals surface area contributed by atoms with Crippen LogP contribution in [0.2, 0.25) is 0 Å². The van der Waals surface area contributed by atoms with Crippen molar-refractivity contribution in [2.45, 2.75) is 23.5 Å². The smallest absolute Gasteiger partial charge is 0.379 e. The number of halogens is 3. The van der Waals surface area contributed by atoms with Crippen molar-refractivity contribution in [2.75, 3.05) is 26.3 Å². The Kier molecular flexibility index (Phi) is 7.01. The highest BCUT2D eigenvalue weighted by Gasteiger charge is 2.30. The number of benzene rings is 1. The standard InChI is InChI=1S/C18H20F3N3O4S2/c19-18(20,21)14-3-1-13(2-4-14)11-22-17(25)23-12-15-5-6-16(29-15)30(26,27)24-7-9-28-10-8-24/h1-6H,7-12H2,(H2,22,23,25). The van der Waals surface area contributed by atoms with E-state index in [1.165, 1.54) is 22.5 Å². The molecule has 0 spiro atoms. The van der Waals surface area contributed by atoms with Crippen molar-refractivity contribution < 1.29 is 31.1 Å². The number of alkyl halides is 3. The van der Waals surface area contributed by atoms with E-state index in [9.17, 15) is 26.4 Å². The molecule has 0 aliphatic carbocycles. The molecule has 1 aliphatic rings. The molecule has 0 unspecified atom stereocenters. The molecule has 2 N–H and O–H groups in total. The van der Waals surface area contributed by atoms with E-state index in [0.717, 1.165) is 23.5 Å².